The van der Waals surface area contributed by atoms with E-state index in [4.69, 9.17) is 0 Å². The van der Waals surface area contributed by atoms with Crippen molar-refractivity contribution in [2.45, 2.75) is 37.4 Å². The summed E-state index contributed by atoms with van der Waals surface area (Å²) in [7, 11) is 0. The highest BCUT2D eigenvalue weighted by Crippen LogP contribution is 2.28. The summed E-state index contributed by atoms with van der Waals surface area (Å²) in [5, 5.41) is 2.75. The molecular weight excluding hydrogens is 328 g/mol. The molecule has 0 bridgehead atoms. The molecule has 0 heterocycles. The van der Waals surface area contributed by atoms with Gasteiger partial charge in [-0.15, -0.1) is 0 Å². The smallest absolute Gasteiger partial charge is 0.254 e. The monoisotopic (exact) mass is 345 g/mol. The minimum absolute atomic E-state index is 0.0851. The van der Waals surface area contributed by atoms with Crippen molar-refractivity contribution in [1.29, 1.82) is 0 Å². The molecule has 0 unspecified atom stereocenters. The number of carbonyl (C=O) groups is 1. The van der Waals surface area contributed by atoms with Gasteiger partial charge in [-0.05, 0) is 50.2 Å². The number of alkyl halides is 1. The van der Waals surface area contributed by atoms with E-state index in [1.165, 1.54) is 13.0 Å². The van der Waals surface area contributed by atoms with Crippen molar-refractivity contribution in [2.24, 2.45) is 5.92 Å². The zero-order valence-electron chi connectivity index (χ0n) is 11.4. The molecule has 5 heteroatoms. The first-order valence-electron chi connectivity index (χ1n) is 6.85. The second-order valence-electron chi connectivity index (χ2n) is 5.41. The lowest BCUT2D eigenvalue weighted by molar-refractivity contribution is 0.0939. The zero-order chi connectivity index (χ0) is 14.7. The fourth-order valence-corrected chi connectivity index (χ4v) is 3.02. The first-order chi connectivity index (χ1) is 9.47. The summed E-state index contributed by atoms with van der Waals surface area (Å²) >= 11 is 3.58. The lowest BCUT2D eigenvalue weighted by Gasteiger charge is -2.25. The van der Waals surface area contributed by atoms with Crippen molar-refractivity contribution < 1.29 is 13.6 Å². The number of halogens is 3. The standard InChI is InChI=1S/C15H18BrF2NO/c1-9-6-12(14(18)7-13(9)17)15(20)19-8-10-2-4-11(16)5-3-10/h6-7,10-11H,2-5,8H2,1H3,(H,19,20). The Morgan fingerprint density at radius 3 is 2.55 bits per heavy atom. The number of rotatable bonds is 3. The van der Waals surface area contributed by atoms with E-state index < -0.39 is 17.5 Å². The van der Waals surface area contributed by atoms with Gasteiger partial charge >= 0.3 is 0 Å². The molecule has 0 atom stereocenters. The third-order valence-electron chi connectivity index (χ3n) is 3.82. The summed E-state index contributed by atoms with van der Waals surface area (Å²) in [4.78, 5) is 12.5. The second kappa shape index (κ2) is 6.66. The van der Waals surface area contributed by atoms with Crippen molar-refractivity contribution in [3.05, 3.63) is 34.9 Å². The van der Waals surface area contributed by atoms with E-state index in [9.17, 15) is 13.6 Å². The highest BCUT2D eigenvalue weighted by Gasteiger charge is 2.21. The summed E-state index contributed by atoms with van der Waals surface area (Å²) in [6, 6.07) is 2.02. The predicted molar refractivity (Wildman–Crippen MR) is 78.1 cm³/mol. The summed E-state index contributed by atoms with van der Waals surface area (Å²) in [6.07, 6.45) is 4.32. The van der Waals surface area contributed by atoms with Crippen LogP contribution in [0.3, 0.4) is 0 Å². The summed E-state index contributed by atoms with van der Waals surface area (Å²) in [5.74, 6) is -1.46. The van der Waals surface area contributed by atoms with Gasteiger partial charge in [0.05, 0.1) is 5.56 Å². The molecule has 1 saturated carbocycles. The third kappa shape index (κ3) is 3.78. The first-order valence-corrected chi connectivity index (χ1v) is 7.77. The largest absolute Gasteiger partial charge is 0.352 e. The number of aryl methyl sites for hydroxylation is 1. The topological polar surface area (TPSA) is 29.1 Å². The minimum atomic E-state index is -0.810. The van der Waals surface area contributed by atoms with Crippen LogP contribution in [0.1, 0.15) is 41.6 Å². The van der Waals surface area contributed by atoms with Crippen molar-refractivity contribution in [3.8, 4) is 0 Å². The number of benzene rings is 1. The van der Waals surface area contributed by atoms with Crippen LogP contribution < -0.4 is 5.32 Å². The molecule has 0 aromatic heterocycles. The fourth-order valence-electron chi connectivity index (χ4n) is 2.49. The second-order valence-corrected chi connectivity index (χ2v) is 6.70. The van der Waals surface area contributed by atoms with Gasteiger partial charge in [0.1, 0.15) is 11.6 Å². The molecule has 1 N–H and O–H groups in total. The molecule has 1 aromatic rings. The molecule has 2 nitrogen and oxygen atoms in total. The van der Waals surface area contributed by atoms with Crippen LogP contribution in [-0.2, 0) is 0 Å². The quantitative estimate of drug-likeness (QED) is 0.825. The SMILES string of the molecule is Cc1cc(C(=O)NCC2CCC(Br)CC2)c(F)cc1F. The number of carbonyl (C=O) groups excluding carboxylic acids is 1. The molecule has 0 spiro atoms. The van der Waals surface area contributed by atoms with Gasteiger partial charge < -0.3 is 5.32 Å². The van der Waals surface area contributed by atoms with Crippen LogP contribution in [-0.4, -0.2) is 17.3 Å². The molecule has 0 aliphatic heterocycles. The van der Waals surface area contributed by atoms with Crippen LogP contribution in [0.4, 0.5) is 8.78 Å². The zero-order valence-corrected chi connectivity index (χ0v) is 13.0. The molecule has 1 aliphatic carbocycles. The molecule has 2 rings (SSSR count). The summed E-state index contributed by atoms with van der Waals surface area (Å²) in [5.41, 5.74) is 0.189. The van der Waals surface area contributed by atoms with Crippen LogP contribution in [0.2, 0.25) is 0 Å². The predicted octanol–water partition coefficient (Wildman–Crippen LogP) is 3.96. The van der Waals surface area contributed by atoms with Crippen molar-refractivity contribution in [3.63, 3.8) is 0 Å². The molecular formula is C15H18BrF2NO. The third-order valence-corrected chi connectivity index (χ3v) is 4.74. The van der Waals surface area contributed by atoms with Gasteiger partial charge in [0.2, 0.25) is 0 Å². The number of hydrogen-bond donors (Lipinski definition) is 1. The van der Waals surface area contributed by atoms with Crippen LogP contribution in [0, 0.1) is 24.5 Å². The molecule has 0 radical (unpaired) electrons. The van der Waals surface area contributed by atoms with Crippen LogP contribution in [0.25, 0.3) is 0 Å². The molecule has 1 fully saturated rings. The Labute approximate surface area is 126 Å². The Morgan fingerprint density at radius 1 is 1.25 bits per heavy atom. The maximum absolute atomic E-state index is 13.6. The lowest BCUT2D eigenvalue weighted by atomic mass is 9.89. The molecule has 20 heavy (non-hydrogen) atoms. The van der Waals surface area contributed by atoms with Crippen LogP contribution >= 0.6 is 15.9 Å². The minimum Gasteiger partial charge on any atom is -0.352 e. The van der Waals surface area contributed by atoms with E-state index in [1.54, 1.807) is 0 Å². The van der Waals surface area contributed by atoms with Gasteiger partial charge in [-0.1, -0.05) is 15.9 Å². The van der Waals surface area contributed by atoms with Gasteiger partial charge in [-0.3, -0.25) is 4.79 Å². The normalized spacial score (nSPS) is 22.6. The van der Waals surface area contributed by atoms with Gasteiger partial charge in [0.25, 0.3) is 5.91 Å². The van der Waals surface area contributed by atoms with E-state index in [2.05, 4.69) is 21.2 Å². The first kappa shape index (κ1) is 15.4. The Hall–Kier alpha value is -0.970. The Balaban J connectivity index is 1.93. The maximum atomic E-state index is 13.6. The van der Waals surface area contributed by atoms with Gasteiger partial charge in [-0.25, -0.2) is 8.78 Å². The molecule has 1 aliphatic rings. The van der Waals surface area contributed by atoms with E-state index in [0.717, 1.165) is 31.7 Å². The Bertz CT molecular complexity index is 499. The van der Waals surface area contributed by atoms with E-state index >= 15 is 0 Å². The van der Waals surface area contributed by atoms with Crippen molar-refractivity contribution >= 4 is 21.8 Å². The Kier molecular flexibility index (Phi) is 5.13. The number of hydrogen-bond acceptors (Lipinski definition) is 1. The molecule has 1 amide bonds. The Morgan fingerprint density at radius 2 is 1.90 bits per heavy atom. The molecule has 110 valence electrons. The van der Waals surface area contributed by atoms with Gasteiger partial charge in [-0.2, -0.15) is 0 Å². The van der Waals surface area contributed by atoms with Crippen LogP contribution in [0.5, 0.6) is 0 Å². The molecule has 1 aromatic carbocycles. The summed E-state index contributed by atoms with van der Waals surface area (Å²) in [6.45, 7) is 2.07. The lowest BCUT2D eigenvalue weighted by Crippen LogP contribution is -2.32. The number of nitrogens with one attached hydrogen (secondary N) is 1. The van der Waals surface area contributed by atoms with Crippen molar-refractivity contribution in [2.75, 3.05) is 6.54 Å². The van der Waals surface area contributed by atoms with E-state index in [0.29, 0.717) is 17.3 Å². The maximum Gasteiger partial charge on any atom is 0.254 e. The van der Waals surface area contributed by atoms with Crippen molar-refractivity contribution in [1.82, 2.24) is 5.32 Å². The fraction of sp³-hybridized carbons (Fsp3) is 0.533. The van der Waals surface area contributed by atoms with E-state index in [1.807, 2.05) is 0 Å². The van der Waals surface area contributed by atoms with Crippen LogP contribution in [0.15, 0.2) is 12.1 Å². The number of amides is 1. The average molecular weight is 346 g/mol. The van der Waals surface area contributed by atoms with Gasteiger partial charge in [0, 0.05) is 17.4 Å². The van der Waals surface area contributed by atoms with Gasteiger partial charge in [0.15, 0.2) is 0 Å². The highest BCUT2D eigenvalue weighted by atomic mass is 79.9. The summed E-state index contributed by atoms with van der Waals surface area (Å²) < 4.78 is 26.8. The molecule has 0 saturated heterocycles. The average Bonchev–Trinajstić information content (AvgIpc) is 2.42. The highest BCUT2D eigenvalue weighted by molar-refractivity contribution is 9.09. The van der Waals surface area contributed by atoms with E-state index in [-0.39, 0.29) is 11.1 Å².